The Bertz CT molecular complexity index is 543. The molecule has 0 aliphatic carbocycles. The lowest BCUT2D eigenvalue weighted by Gasteiger charge is -2.16. The van der Waals surface area contributed by atoms with Crippen LogP contribution in [-0.2, 0) is 7.05 Å². The Kier molecular flexibility index (Phi) is 3.94. The predicted octanol–water partition coefficient (Wildman–Crippen LogP) is 3.81. The van der Waals surface area contributed by atoms with Crippen molar-refractivity contribution in [3.05, 3.63) is 44.8 Å². The van der Waals surface area contributed by atoms with Gasteiger partial charge in [-0.15, -0.1) is 0 Å². The van der Waals surface area contributed by atoms with Crippen molar-refractivity contribution in [3.8, 4) is 0 Å². The van der Waals surface area contributed by atoms with E-state index in [2.05, 4.69) is 78.0 Å². The van der Waals surface area contributed by atoms with Crippen LogP contribution in [0, 0.1) is 17.4 Å². The summed E-state index contributed by atoms with van der Waals surface area (Å²) >= 11 is 2.31. The van der Waals surface area contributed by atoms with E-state index < -0.39 is 0 Å². The molecule has 1 heterocycles. The summed E-state index contributed by atoms with van der Waals surface area (Å²) in [5, 5.41) is 7.99. The van der Waals surface area contributed by atoms with E-state index in [1.165, 1.54) is 14.8 Å². The van der Waals surface area contributed by atoms with Crippen LogP contribution in [0.5, 0.6) is 0 Å². The zero-order chi connectivity index (χ0) is 13.3. The number of hydrogen-bond acceptors (Lipinski definition) is 2. The van der Waals surface area contributed by atoms with Crippen LogP contribution in [0.3, 0.4) is 0 Å². The molecule has 4 heteroatoms. The Morgan fingerprint density at radius 1 is 1.22 bits per heavy atom. The Morgan fingerprint density at radius 2 is 1.83 bits per heavy atom. The molecule has 1 N–H and O–H groups in total. The van der Waals surface area contributed by atoms with Crippen molar-refractivity contribution in [2.75, 3.05) is 5.32 Å². The van der Waals surface area contributed by atoms with Crippen LogP contribution in [0.1, 0.15) is 29.9 Å². The molecule has 96 valence electrons. The van der Waals surface area contributed by atoms with Gasteiger partial charge in [0, 0.05) is 27.6 Å². The van der Waals surface area contributed by atoms with Crippen molar-refractivity contribution in [2.45, 2.75) is 26.8 Å². The largest absolute Gasteiger partial charge is 0.378 e. The average molecular weight is 355 g/mol. The molecule has 18 heavy (non-hydrogen) atoms. The Balaban J connectivity index is 2.21. The molecule has 0 saturated carbocycles. The van der Waals surface area contributed by atoms with Gasteiger partial charge in [0.1, 0.15) is 0 Å². The summed E-state index contributed by atoms with van der Waals surface area (Å²) in [7, 11) is 1.99. The molecule has 0 fully saturated rings. The van der Waals surface area contributed by atoms with Gasteiger partial charge in [-0.2, -0.15) is 5.10 Å². The molecule has 1 atom stereocenters. The molecule has 0 radical (unpaired) electrons. The third kappa shape index (κ3) is 2.68. The zero-order valence-corrected chi connectivity index (χ0v) is 13.3. The Morgan fingerprint density at radius 3 is 2.33 bits per heavy atom. The van der Waals surface area contributed by atoms with E-state index in [9.17, 15) is 0 Å². The number of aromatic nitrogens is 2. The number of halogens is 1. The summed E-state index contributed by atoms with van der Waals surface area (Å²) in [5.41, 5.74) is 4.75. The van der Waals surface area contributed by atoms with E-state index in [0.29, 0.717) is 0 Å². The van der Waals surface area contributed by atoms with Gasteiger partial charge < -0.3 is 5.32 Å². The Hall–Kier alpha value is -1.04. The number of nitrogens with one attached hydrogen (secondary N) is 1. The number of benzene rings is 1. The number of anilines is 1. The third-order valence-electron chi connectivity index (χ3n) is 3.23. The Labute approximate surface area is 122 Å². The average Bonchev–Trinajstić information content (AvgIpc) is 2.56. The maximum Gasteiger partial charge on any atom is 0.0649 e. The maximum atomic E-state index is 4.46. The van der Waals surface area contributed by atoms with Crippen molar-refractivity contribution >= 4 is 28.3 Å². The molecule has 1 unspecified atom stereocenters. The monoisotopic (exact) mass is 355 g/mol. The molecule has 1 aromatic carbocycles. The molecule has 0 aliphatic rings. The summed E-state index contributed by atoms with van der Waals surface area (Å²) in [4.78, 5) is 0. The van der Waals surface area contributed by atoms with Crippen molar-refractivity contribution in [1.29, 1.82) is 0 Å². The first-order chi connectivity index (χ1) is 8.49. The highest BCUT2D eigenvalue weighted by Crippen LogP contribution is 2.24. The van der Waals surface area contributed by atoms with E-state index in [-0.39, 0.29) is 6.04 Å². The van der Waals surface area contributed by atoms with Crippen LogP contribution in [0.4, 0.5) is 5.69 Å². The van der Waals surface area contributed by atoms with Gasteiger partial charge in [0.05, 0.1) is 11.7 Å². The fourth-order valence-corrected chi connectivity index (χ4v) is 2.64. The SMILES string of the molecule is Cc1nn(C)c(C)c1C(C)Nc1ccc(I)cc1. The zero-order valence-electron chi connectivity index (χ0n) is 11.2. The number of aryl methyl sites for hydroxylation is 2. The quantitative estimate of drug-likeness (QED) is 0.849. The predicted molar refractivity (Wildman–Crippen MR) is 83.9 cm³/mol. The fourth-order valence-electron chi connectivity index (χ4n) is 2.28. The van der Waals surface area contributed by atoms with E-state index in [4.69, 9.17) is 0 Å². The molecule has 2 aromatic rings. The highest BCUT2D eigenvalue weighted by Gasteiger charge is 2.15. The standard InChI is InChI=1S/C14H18IN3/c1-9(14-10(2)17-18(4)11(14)3)16-13-7-5-12(15)6-8-13/h5-9,16H,1-4H3. The van der Waals surface area contributed by atoms with Crippen molar-refractivity contribution in [3.63, 3.8) is 0 Å². The number of rotatable bonds is 3. The molecule has 2 rings (SSSR count). The first-order valence-electron chi connectivity index (χ1n) is 6.01. The smallest absolute Gasteiger partial charge is 0.0649 e. The number of nitrogens with zero attached hydrogens (tertiary/aromatic N) is 2. The summed E-state index contributed by atoms with van der Waals surface area (Å²) in [6.45, 7) is 6.35. The van der Waals surface area contributed by atoms with Gasteiger partial charge in [-0.3, -0.25) is 4.68 Å². The van der Waals surface area contributed by atoms with Gasteiger partial charge in [0.15, 0.2) is 0 Å². The lowest BCUT2D eigenvalue weighted by Crippen LogP contribution is -2.08. The van der Waals surface area contributed by atoms with Crippen LogP contribution in [0.15, 0.2) is 24.3 Å². The summed E-state index contributed by atoms with van der Waals surface area (Å²) in [5.74, 6) is 0. The molecule has 0 aliphatic heterocycles. The van der Waals surface area contributed by atoms with E-state index in [0.717, 1.165) is 11.4 Å². The second-order valence-corrected chi connectivity index (χ2v) is 5.83. The van der Waals surface area contributed by atoms with Crippen LogP contribution < -0.4 is 5.32 Å². The second kappa shape index (κ2) is 5.30. The van der Waals surface area contributed by atoms with Crippen LogP contribution in [0.2, 0.25) is 0 Å². The molecule has 0 bridgehead atoms. The van der Waals surface area contributed by atoms with Gasteiger partial charge >= 0.3 is 0 Å². The van der Waals surface area contributed by atoms with Crippen molar-refractivity contribution < 1.29 is 0 Å². The lowest BCUT2D eigenvalue weighted by atomic mass is 10.1. The second-order valence-electron chi connectivity index (χ2n) is 4.58. The summed E-state index contributed by atoms with van der Waals surface area (Å²) in [6.07, 6.45) is 0. The molecule has 1 aromatic heterocycles. The molecular weight excluding hydrogens is 337 g/mol. The highest BCUT2D eigenvalue weighted by atomic mass is 127. The highest BCUT2D eigenvalue weighted by molar-refractivity contribution is 14.1. The summed E-state index contributed by atoms with van der Waals surface area (Å²) < 4.78 is 3.19. The van der Waals surface area contributed by atoms with Crippen molar-refractivity contribution in [2.24, 2.45) is 7.05 Å². The maximum absolute atomic E-state index is 4.46. The number of hydrogen-bond donors (Lipinski definition) is 1. The fraction of sp³-hybridized carbons (Fsp3) is 0.357. The normalized spacial score (nSPS) is 12.5. The topological polar surface area (TPSA) is 29.9 Å². The van der Waals surface area contributed by atoms with E-state index in [1.807, 2.05) is 11.7 Å². The van der Waals surface area contributed by atoms with E-state index >= 15 is 0 Å². The van der Waals surface area contributed by atoms with Gasteiger partial charge in [-0.1, -0.05) is 0 Å². The lowest BCUT2D eigenvalue weighted by molar-refractivity contribution is 0.728. The van der Waals surface area contributed by atoms with Crippen LogP contribution >= 0.6 is 22.6 Å². The van der Waals surface area contributed by atoms with Gasteiger partial charge in [-0.25, -0.2) is 0 Å². The first kappa shape index (κ1) is 13.4. The molecule has 0 spiro atoms. The molecule has 3 nitrogen and oxygen atoms in total. The first-order valence-corrected chi connectivity index (χ1v) is 7.09. The molecular formula is C14H18IN3. The van der Waals surface area contributed by atoms with Gasteiger partial charge in [-0.05, 0) is 67.6 Å². The van der Waals surface area contributed by atoms with E-state index in [1.54, 1.807) is 0 Å². The van der Waals surface area contributed by atoms with Crippen LogP contribution in [0.25, 0.3) is 0 Å². The van der Waals surface area contributed by atoms with Gasteiger partial charge in [0.25, 0.3) is 0 Å². The minimum absolute atomic E-state index is 0.263. The summed E-state index contributed by atoms with van der Waals surface area (Å²) in [6, 6.07) is 8.70. The van der Waals surface area contributed by atoms with Crippen LogP contribution in [-0.4, -0.2) is 9.78 Å². The minimum atomic E-state index is 0.263. The molecule has 0 amide bonds. The van der Waals surface area contributed by atoms with Crippen molar-refractivity contribution in [1.82, 2.24) is 9.78 Å². The van der Waals surface area contributed by atoms with Gasteiger partial charge in [0.2, 0.25) is 0 Å². The third-order valence-corrected chi connectivity index (χ3v) is 3.94. The molecule has 0 saturated heterocycles. The minimum Gasteiger partial charge on any atom is -0.378 e.